The summed E-state index contributed by atoms with van der Waals surface area (Å²) in [7, 11) is 0. The molecule has 0 aromatic heterocycles. The molecule has 3 fully saturated rings. The minimum absolute atomic E-state index is 0.0391. The van der Waals surface area contributed by atoms with Crippen molar-refractivity contribution in [2.45, 2.75) is 31.6 Å². The molecule has 5 nitrogen and oxygen atoms in total. The van der Waals surface area contributed by atoms with Gasteiger partial charge in [-0.25, -0.2) is 0 Å². The van der Waals surface area contributed by atoms with Gasteiger partial charge >= 0.3 is 0 Å². The number of nitrogens with zero attached hydrogens (tertiary/aromatic N) is 1. The molecule has 0 aliphatic carbocycles. The number of carbonyl (C=O) groups is 1. The lowest BCUT2D eigenvalue weighted by Gasteiger charge is -2.54. The third kappa shape index (κ3) is 1.78. The molecule has 0 N–H and O–H groups in total. The fourth-order valence-electron chi connectivity index (χ4n) is 3.10. The second kappa shape index (κ2) is 4.55. The fraction of sp³-hybridized carbons (Fsp3) is 0.533. The monoisotopic (exact) mass is 275 g/mol. The molecule has 0 bridgehead atoms. The average Bonchev–Trinajstić information content (AvgIpc) is 2.53. The lowest BCUT2D eigenvalue weighted by atomic mass is 9.94. The Hall–Kier alpha value is -1.43. The van der Waals surface area contributed by atoms with Gasteiger partial charge in [0, 0.05) is 5.56 Å². The van der Waals surface area contributed by atoms with Gasteiger partial charge in [-0.1, -0.05) is 30.3 Å². The van der Waals surface area contributed by atoms with E-state index in [9.17, 15) is 4.79 Å². The van der Waals surface area contributed by atoms with E-state index in [4.69, 9.17) is 14.2 Å². The number of ether oxygens (including phenoxy) is 3. The number of rotatable bonds is 1. The van der Waals surface area contributed by atoms with Crippen LogP contribution in [0.5, 0.6) is 0 Å². The molecule has 1 aromatic carbocycles. The highest BCUT2D eigenvalue weighted by molar-refractivity contribution is 5.85. The van der Waals surface area contributed by atoms with Crippen molar-refractivity contribution in [1.29, 1.82) is 0 Å². The predicted molar refractivity (Wildman–Crippen MR) is 69.5 cm³/mol. The molecule has 3 heterocycles. The van der Waals surface area contributed by atoms with Crippen LogP contribution in [0.4, 0.5) is 0 Å². The van der Waals surface area contributed by atoms with Gasteiger partial charge in [-0.05, 0) is 6.92 Å². The molecule has 4 rings (SSSR count). The molecule has 0 unspecified atom stereocenters. The quantitative estimate of drug-likeness (QED) is 0.725. The van der Waals surface area contributed by atoms with Crippen LogP contribution >= 0.6 is 0 Å². The summed E-state index contributed by atoms with van der Waals surface area (Å²) >= 11 is 0. The summed E-state index contributed by atoms with van der Waals surface area (Å²) in [6, 6.07) is 9.84. The van der Waals surface area contributed by atoms with Crippen LogP contribution in [0.3, 0.4) is 0 Å². The van der Waals surface area contributed by atoms with E-state index in [1.165, 1.54) is 0 Å². The van der Waals surface area contributed by atoms with E-state index in [0.717, 1.165) is 5.56 Å². The Morgan fingerprint density at radius 2 is 1.95 bits per heavy atom. The molecular formula is C15H17NO4. The van der Waals surface area contributed by atoms with E-state index in [2.05, 4.69) is 0 Å². The van der Waals surface area contributed by atoms with E-state index in [1.54, 1.807) is 4.90 Å². The summed E-state index contributed by atoms with van der Waals surface area (Å²) in [6.45, 7) is 3.02. The van der Waals surface area contributed by atoms with Gasteiger partial charge in [0.2, 0.25) is 5.91 Å². The second-order valence-electron chi connectivity index (χ2n) is 5.59. The van der Waals surface area contributed by atoms with Crippen molar-refractivity contribution in [2.75, 3.05) is 13.2 Å². The Morgan fingerprint density at radius 3 is 2.75 bits per heavy atom. The second-order valence-corrected chi connectivity index (χ2v) is 5.59. The van der Waals surface area contributed by atoms with Gasteiger partial charge in [0.15, 0.2) is 6.29 Å². The Bertz CT molecular complexity index is 520. The zero-order chi connectivity index (χ0) is 13.7. The third-order valence-electron chi connectivity index (χ3n) is 4.30. The maximum absolute atomic E-state index is 11.8. The molecule has 5 atom stereocenters. The Kier molecular flexibility index (Phi) is 2.80. The zero-order valence-electron chi connectivity index (χ0n) is 11.3. The number of hydrogen-bond donors (Lipinski definition) is 0. The highest BCUT2D eigenvalue weighted by Crippen LogP contribution is 2.37. The van der Waals surface area contributed by atoms with Crippen LogP contribution in [0, 0.1) is 5.92 Å². The summed E-state index contributed by atoms with van der Waals surface area (Å²) < 4.78 is 17.6. The molecule has 1 amide bonds. The Morgan fingerprint density at radius 1 is 1.15 bits per heavy atom. The molecule has 3 saturated heterocycles. The smallest absolute Gasteiger partial charge is 0.232 e. The summed E-state index contributed by atoms with van der Waals surface area (Å²) in [5.74, 6) is 0.114. The lowest BCUT2D eigenvalue weighted by molar-refractivity contribution is -0.323. The molecule has 0 saturated carbocycles. The average molecular weight is 275 g/mol. The van der Waals surface area contributed by atoms with Gasteiger partial charge in [-0.15, -0.1) is 0 Å². The standard InChI is InChI=1S/C15H17NO4/c1-9-13(17)16-7-11-12(19-14(9)16)8-18-15(20-11)10-5-3-2-4-6-10/h2-6,9,11-12,14-15H,7-8H2,1H3/t9-,11+,12-,14-,15-/m1/s1. The van der Waals surface area contributed by atoms with E-state index in [1.807, 2.05) is 37.3 Å². The molecule has 106 valence electrons. The van der Waals surface area contributed by atoms with Crippen molar-refractivity contribution in [3.8, 4) is 0 Å². The van der Waals surface area contributed by atoms with Crippen molar-refractivity contribution < 1.29 is 19.0 Å². The van der Waals surface area contributed by atoms with Gasteiger partial charge in [0.05, 0.1) is 19.1 Å². The summed E-state index contributed by atoms with van der Waals surface area (Å²) in [4.78, 5) is 13.5. The SMILES string of the molecule is C[C@@H]1C(=O)N2C[C@@H]3O[C@H](c4ccccc4)OC[C@H]3O[C@H]12. The van der Waals surface area contributed by atoms with Crippen molar-refractivity contribution in [1.82, 2.24) is 4.90 Å². The van der Waals surface area contributed by atoms with Crippen molar-refractivity contribution in [2.24, 2.45) is 5.92 Å². The molecular weight excluding hydrogens is 258 g/mol. The fourth-order valence-corrected chi connectivity index (χ4v) is 3.10. The van der Waals surface area contributed by atoms with E-state index in [-0.39, 0.29) is 36.6 Å². The van der Waals surface area contributed by atoms with Gasteiger partial charge in [0.25, 0.3) is 0 Å². The van der Waals surface area contributed by atoms with Crippen molar-refractivity contribution >= 4 is 5.91 Å². The van der Waals surface area contributed by atoms with Gasteiger partial charge in [0.1, 0.15) is 18.4 Å². The number of amides is 1. The summed E-state index contributed by atoms with van der Waals surface area (Å²) in [5, 5.41) is 0. The normalized spacial score (nSPS) is 39.8. The van der Waals surface area contributed by atoms with Gasteiger partial charge < -0.3 is 19.1 Å². The number of benzene rings is 1. The van der Waals surface area contributed by atoms with Crippen LogP contribution in [-0.4, -0.2) is 42.4 Å². The van der Waals surface area contributed by atoms with E-state index < -0.39 is 0 Å². The van der Waals surface area contributed by atoms with Crippen LogP contribution < -0.4 is 0 Å². The summed E-state index contributed by atoms with van der Waals surface area (Å²) in [6.07, 6.45) is -0.649. The first-order valence-corrected chi connectivity index (χ1v) is 7.02. The molecule has 0 radical (unpaired) electrons. The lowest BCUT2D eigenvalue weighted by Crippen LogP contribution is -2.70. The van der Waals surface area contributed by atoms with Crippen LogP contribution in [0.1, 0.15) is 18.8 Å². The number of fused-ring (bicyclic) bond motifs is 2. The van der Waals surface area contributed by atoms with Gasteiger partial charge in [-0.2, -0.15) is 0 Å². The van der Waals surface area contributed by atoms with E-state index in [0.29, 0.717) is 13.2 Å². The third-order valence-corrected chi connectivity index (χ3v) is 4.30. The highest BCUT2D eigenvalue weighted by atomic mass is 16.7. The Labute approximate surface area is 117 Å². The van der Waals surface area contributed by atoms with Crippen LogP contribution in [0.2, 0.25) is 0 Å². The number of carbonyl (C=O) groups excluding carboxylic acids is 1. The molecule has 1 aromatic rings. The predicted octanol–water partition coefficient (Wildman–Crippen LogP) is 1.30. The molecule has 0 spiro atoms. The van der Waals surface area contributed by atoms with Crippen LogP contribution in [0.25, 0.3) is 0 Å². The molecule has 3 aliphatic rings. The largest absolute Gasteiger partial charge is 0.349 e. The first-order valence-electron chi connectivity index (χ1n) is 7.02. The summed E-state index contributed by atoms with van der Waals surface area (Å²) in [5.41, 5.74) is 0.997. The molecule has 20 heavy (non-hydrogen) atoms. The minimum Gasteiger partial charge on any atom is -0.349 e. The van der Waals surface area contributed by atoms with Gasteiger partial charge in [-0.3, -0.25) is 4.79 Å². The van der Waals surface area contributed by atoms with E-state index >= 15 is 0 Å². The molecule has 5 heteroatoms. The maximum atomic E-state index is 11.8. The van der Waals surface area contributed by atoms with Crippen LogP contribution in [-0.2, 0) is 19.0 Å². The Balaban J connectivity index is 1.48. The van der Waals surface area contributed by atoms with Crippen molar-refractivity contribution in [3.63, 3.8) is 0 Å². The number of β-lactam (4-membered cyclic amide) rings is 1. The zero-order valence-corrected chi connectivity index (χ0v) is 11.3. The maximum Gasteiger partial charge on any atom is 0.232 e. The highest BCUT2D eigenvalue weighted by Gasteiger charge is 2.53. The minimum atomic E-state index is -0.369. The topological polar surface area (TPSA) is 48.0 Å². The first-order chi connectivity index (χ1) is 9.74. The number of hydrogen-bond acceptors (Lipinski definition) is 4. The van der Waals surface area contributed by atoms with Crippen LogP contribution in [0.15, 0.2) is 30.3 Å². The van der Waals surface area contributed by atoms with Crippen molar-refractivity contribution in [3.05, 3.63) is 35.9 Å². The first kappa shape index (κ1) is 12.3. The molecule has 3 aliphatic heterocycles.